The van der Waals surface area contributed by atoms with E-state index >= 15 is 0 Å². The summed E-state index contributed by atoms with van der Waals surface area (Å²) < 4.78 is 97.8. The number of hydrogen-bond acceptors (Lipinski definition) is 16. The minimum atomic E-state index is -0.391. The fourth-order valence-corrected chi connectivity index (χ4v) is 15.5. The molecular weight excluding hydrogens is 1670 g/mol. The van der Waals surface area contributed by atoms with E-state index in [1.807, 2.05) is 381 Å². The van der Waals surface area contributed by atoms with E-state index in [2.05, 4.69) is 38.1 Å². The monoisotopic (exact) mass is 1780 g/mol. The molecule has 0 aliphatic rings. The molecule has 0 unspecified atom stereocenters. The van der Waals surface area contributed by atoms with Gasteiger partial charge in [-0.3, -0.25) is 0 Å². The minimum absolute atomic E-state index is 0.0703. The lowest BCUT2D eigenvalue weighted by atomic mass is 10.1. The highest BCUT2D eigenvalue weighted by molar-refractivity contribution is 5.48. The van der Waals surface area contributed by atoms with Crippen molar-refractivity contribution >= 4 is 0 Å². The van der Waals surface area contributed by atoms with E-state index in [0.717, 1.165) is 106 Å². The lowest BCUT2D eigenvalue weighted by Crippen LogP contribution is -2.25. The van der Waals surface area contributed by atoms with Gasteiger partial charge in [-0.15, -0.1) is 0 Å². The Labute approximate surface area is 782 Å². The molecule has 0 amide bonds. The van der Waals surface area contributed by atoms with Crippen molar-refractivity contribution < 1.29 is 66.3 Å². The number of ether oxygens (including phenoxy) is 14. The molecule has 18 nitrogen and oxygen atoms in total. The summed E-state index contributed by atoms with van der Waals surface area (Å²) in [6, 6.07) is 126. The van der Waals surface area contributed by atoms with Gasteiger partial charge in [0.2, 0.25) is 0 Å². The van der Waals surface area contributed by atoms with E-state index in [1.54, 1.807) is 0 Å². The second-order valence-electron chi connectivity index (χ2n) is 33.0. The van der Waals surface area contributed by atoms with Gasteiger partial charge in [0.15, 0.2) is 0 Å². The number of aryl methyl sites for hydroxylation is 4. The molecule has 0 spiro atoms. The van der Waals surface area contributed by atoms with Crippen LogP contribution in [0.5, 0.6) is 80.5 Å². The zero-order chi connectivity index (χ0) is 91.3. The summed E-state index contributed by atoms with van der Waals surface area (Å²) in [5.74, 6) is 8.22. The molecule has 0 saturated heterocycles. The molecule has 2 heterocycles. The molecule has 2 aromatic heterocycles. The van der Waals surface area contributed by atoms with Gasteiger partial charge in [-0.2, -0.15) is 10.2 Å². The van der Waals surface area contributed by atoms with Crippen molar-refractivity contribution in [1.82, 2.24) is 19.6 Å². The average molecular weight is 1780 g/mol. The largest absolute Gasteiger partial charge is 0.489 e. The van der Waals surface area contributed by atoms with Gasteiger partial charge in [-0.25, -0.2) is 9.36 Å². The van der Waals surface area contributed by atoms with Crippen LogP contribution in [0, 0.1) is 27.7 Å². The molecule has 0 bridgehead atoms. The number of rotatable bonds is 46. The van der Waals surface area contributed by atoms with Gasteiger partial charge in [0.1, 0.15) is 179 Å². The van der Waals surface area contributed by atoms with E-state index in [4.69, 9.17) is 76.5 Å². The normalized spacial score (nSPS) is 11.1. The van der Waals surface area contributed by atoms with E-state index in [0.29, 0.717) is 140 Å². The molecule has 0 N–H and O–H groups in total. The molecule has 0 aliphatic heterocycles. The van der Waals surface area contributed by atoms with Gasteiger partial charge >= 0.3 is 0 Å². The quantitative estimate of drug-likeness (QED) is 0.0353. The highest BCUT2D eigenvalue weighted by atomic mass is 16.5. The Balaban J connectivity index is 0.701. The standard InChI is InChI=1S/C116H106N4O14/c1-83-45-85(3)119(117-83)116(120-86(4)46-84(2)118-120)61-95-47-102(129-77-100-57-112(131-79-96-49-104(121-69-87-29-13-5-14-30-87)63-105(50-96)122-70-88-31-15-6-16-32-88)67-113(58-100)132-80-97-51-106(123-71-89-33-17-7-18-34-89)64-107(52-97)124-72-90-35-19-8-20-36-90)62-103(48-95)130-78-101-59-114(133-81-98-53-108(125-73-91-37-21-9-22-38-91)65-109(54-98)126-74-92-39-23-10-24-40-92)68-115(60-101)134-82-99-55-110(127-75-93-41-25-11-26-42-93)66-111(56-99)128-76-94-43-27-12-28-44-94/h5-60,62-68,116H,61,69-82H2,1-4H3. The van der Waals surface area contributed by atoms with Crippen LogP contribution in [0.2, 0.25) is 0 Å². The summed E-state index contributed by atoms with van der Waals surface area (Å²) in [7, 11) is 0. The molecule has 0 atom stereocenters. The lowest BCUT2D eigenvalue weighted by Gasteiger charge is -2.22. The van der Waals surface area contributed by atoms with Crippen molar-refractivity contribution in [3.05, 3.63) is 488 Å². The van der Waals surface area contributed by atoms with Crippen molar-refractivity contribution in [3.63, 3.8) is 0 Å². The molecule has 17 aromatic rings. The third-order valence-corrected chi connectivity index (χ3v) is 22.1. The fourth-order valence-electron chi connectivity index (χ4n) is 15.5. The Bertz CT molecular complexity index is 5660. The molecule has 0 radical (unpaired) electrons. The first-order chi connectivity index (χ1) is 65.8. The summed E-state index contributed by atoms with van der Waals surface area (Å²) in [6.07, 6.45) is 0.0440. The highest BCUT2D eigenvalue weighted by Crippen LogP contribution is 2.37. The highest BCUT2D eigenvalue weighted by Gasteiger charge is 2.24. The molecule has 18 heteroatoms. The molecule has 674 valence electrons. The van der Waals surface area contributed by atoms with Crippen molar-refractivity contribution in [2.45, 2.75) is 133 Å². The van der Waals surface area contributed by atoms with Gasteiger partial charge in [0.05, 0.1) is 11.4 Å². The molecule has 0 fully saturated rings. The Morgan fingerprint density at radius 1 is 0.164 bits per heavy atom. The fraction of sp³-hybridized carbons (Fsp3) is 0.172. The van der Waals surface area contributed by atoms with Crippen LogP contribution in [0.4, 0.5) is 0 Å². The molecule has 0 saturated carbocycles. The van der Waals surface area contributed by atoms with Crippen LogP contribution in [0.3, 0.4) is 0 Å². The van der Waals surface area contributed by atoms with Gasteiger partial charge in [0.25, 0.3) is 0 Å². The number of aromatic nitrogens is 4. The number of nitrogens with zero attached hydrogens (tertiary/aromatic N) is 4. The van der Waals surface area contributed by atoms with Crippen molar-refractivity contribution in [1.29, 1.82) is 0 Å². The lowest BCUT2D eigenvalue weighted by molar-refractivity contribution is 0.270. The Morgan fingerprint density at radius 2 is 0.299 bits per heavy atom. The number of hydrogen-bond donors (Lipinski definition) is 0. The summed E-state index contributed by atoms with van der Waals surface area (Å²) in [5, 5.41) is 10.2. The van der Waals surface area contributed by atoms with E-state index in [1.165, 1.54) is 0 Å². The van der Waals surface area contributed by atoms with Crippen LogP contribution in [-0.4, -0.2) is 19.6 Å². The Hall–Kier alpha value is -16.1. The average Bonchev–Trinajstić information content (AvgIpc) is 1.65. The van der Waals surface area contributed by atoms with Gasteiger partial charge < -0.3 is 66.3 Å². The van der Waals surface area contributed by atoms with E-state index < -0.39 is 6.17 Å². The third kappa shape index (κ3) is 27.0. The van der Waals surface area contributed by atoms with Crippen LogP contribution in [0.1, 0.15) is 112 Å². The summed E-state index contributed by atoms with van der Waals surface area (Å²) in [5.41, 5.74) is 17.7. The van der Waals surface area contributed by atoms with Gasteiger partial charge in [-0.1, -0.05) is 243 Å². The first-order valence-corrected chi connectivity index (χ1v) is 45.0. The molecule has 0 aliphatic carbocycles. The molecule has 15 aromatic carbocycles. The van der Waals surface area contributed by atoms with Crippen LogP contribution in [0.15, 0.2) is 382 Å². The second kappa shape index (κ2) is 45.5. The predicted molar refractivity (Wildman–Crippen MR) is 519 cm³/mol. The van der Waals surface area contributed by atoms with Crippen molar-refractivity contribution in [2.75, 3.05) is 0 Å². The Morgan fingerprint density at radius 3 is 0.433 bits per heavy atom. The van der Waals surface area contributed by atoms with Crippen LogP contribution in [-0.2, 0) is 98.9 Å². The van der Waals surface area contributed by atoms with Gasteiger partial charge in [0, 0.05) is 60.3 Å². The maximum Gasteiger partial charge on any atom is 0.147 e. The molecule has 17 rings (SSSR count). The zero-order valence-corrected chi connectivity index (χ0v) is 75.6. The zero-order valence-electron chi connectivity index (χ0n) is 75.6. The second-order valence-corrected chi connectivity index (χ2v) is 33.0. The van der Waals surface area contributed by atoms with Crippen molar-refractivity contribution in [3.8, 4) is 80.5 Å². The Kier molecular flexibility index (Phi) is 30.5. The third-order valence-electron chi connectivity index (χ3n) is 22.1. The minimum Gasteiger partial charge on any atom is -0.489 e. The maximum atomic E-state index is 7.12. The van der Waals surface area contributed by atoms with Crippen molar-refractivity contribution in [2.24, 2.45) is 0 Å². The summed E-state index contributed by atoms with van der Waals surface area (Å²) in [6.45, 7) is 11.7. The number of benzene rings is 15. The first-order valence-electron chi connectivity index (χ1n) is 45.0. The van der Waals surface area contributed by atoms with Crippen LogP contribution < -0.4 is 66.3 Å². The van der Waals surface area contributed by atoms with E-state index in [9.17, 15) is 0 Å². The predicted octanol–water partition coefficient (Wildman–Crippen LogP) is 25.7. The van der Waals surface area contributed by atoms with Gasteiger partial charge in [-0.05, 0) is 208 Å². The maximum absolute atomic E-state index is 7.12. The molecular formula is C116H106N4O14. The SMILES string of the molecule is Cc1cc(C)n(C(Cc2cc(OCc3cc(OCc4cc(OCc5ccccc5)cc(OCc5ccccc5)c4)cc(OCc4cc(OCc5ccccc5)cc(OCc5ccccc5)c4)c3)cc(OCc3cc(OCc4cc(OCc5ccccc5)cc(OCc5ccccc5)c4)cc(OCc4cc(OCc5ccccc5)cc(OCc5ccccc5)c4)c3)c2)n2nc(C)cc2C)n1. The topological polar surface area (TPSA) is 165 Å². The van der Waals surface area contributed by atoms with E-state index in [-0.39, 0.29) is 39.6 Å². The summed E-state index contributed by atoms with van der Waals surface area (Å²) in [4.78, 5) is 0. The van der Waals surface area contributed by atoms with Crippen LogP contribution >= 0.6 is 0 Å². The first kappa shape index (κ1) is 89.9. The summed E-state index contributed by atoms with van der Waals surface area (Å²) >= 11 is 0. The molecule has 134 heavy (non-hydrogen) atoms. The smallest absolute Gasteiger partial charge is 0.147 e. The van der Waals surface area contributed by atoms with Crippen LogP contribution in [0.25, 0.3) is 0 Å².